The van der Waals surface area contributed by atoms with Gasteiger partial charge >= 0.3 is 6.03 Å². The summed E-state index contributed by atoms with van der Waals surface area (Å²) in [5.74, 6) is 0.453. The van der Waals surface area contributed by atoms with Crippen molar-refractivity contribution >= 4 is 11.7 Å². The lowest BCUT2D eigenvalue weighted by atomic mass is 10.0. The Morgan fingerprint density at radius 1 is 1.39 bits per heavy atom. The Bertz CT molecular complexity index is 445. The van der Waals surface area contributed by atoms with Crippen LogP contribution in [0.5, 0.6) is 0 Å². The Morgan fingerprint density at radius 2 is 2.17 bits per heavy atom. The smallest absolute Gasteiger partial charge is 0.321 e. The van der Waals surface area contributed by atoms with Crippen LogP contribution in [0.3, 0.4) is 0 Å². The van der Waals surface area contributed by atoms with E-state index in [2.05, 4.69) is 36.6 Å². The quantitative estimate of drug-likeness (QED) is 0.853. The molecule has 4 nitrogen and oxygen atoms in total. The van der Waals surface area contributed by atoms with Gasteiger partial charge in [-0.3, -0.25) is 4.90 Å². The molecule has 2 rings (SSSR count). The molecular weight excluding hydrogens is 226 g/mol. The molecule has 0 bridgehead atoms. The maximum atomic E-state index is 11.9. The molecule has 0 aliphatic carbocycles. The van der Waals surface area contributed by atoms with E-state index in [4.69, 9.17) is 0 Å². The number of nitrogens with zero attached hydrogens (tertiary/aromatic N) is 1. The summed E-state index contributed by atoms with van der Waals surface area (Å²) in [6, 6.07) is 6.17. The van der Waals surface area contributed by atoms with E-state index in [-0.39, 0.29) is 6.03 Å². The number of anilines is 1. The largest absolute Gasteiger partial charge is 0.337 e. The average Bonchev–Trinajstić information content (AvgIpc) is 2.35. The second-order valence-electron chi connectivity index (χ2n) is 4.99. The zero-order valence-corrected chi connectivity index (χ0v) is 11.3. The molecule has 2 amide bonds. The van der Waals surface area contributed by atoms with E-state index in [1.165, 1.54) is 11.1 Å². The van der Waals surface area contributed by atoms with Gasteiger partial charge in [-0.25, -0.2) is 4.79 Å². The highest BCUT2D eigenvalue weighted by atomic mass is 16.2. The minimum absolute atomic E-state index is 0.00519. The van der Waals surface area contributed by atoms with Crippen molar-refractivity contribution in [1.82, 2.24) is 10.6 Å². The number of amides is 2. The lowest BCUT2D eigenvalue weighted by Gasteiger charge is -2.33. The van der Waals surface area contributed by atoms with E-state index in [1.54, 1.807) is 0 Å². The number of rotatable bonds is 3. The Morgan fingerprint density at radius 3 is 2.83 bits per heavy atom. The van der Waals surface area contributed by atoms with Crippen LogP contribution in [0.15, 0.2) is 18.2 Å². The fourth-order valence-corrected chi connectivity index (χ4v) is 2.27. The number of aryl methyl sites for hydroxylation is 2. The third kappa shape index (κ3) is 2.64. The summed E-state index contributed by atoms with van der Waals surface area (Å²) in [5.41, 5.74) is 3.45. The molecule has 1 unspecified atom stereocenters. The van der Waals surface area contributed by atoms with Gasteiger partial charge in [0, 0.05) is 31.2 Å². The van der Waals surface area contributed by atoms with Gasteiger partial charge in [-0.05, 0) is 44.2 Å². The number of benzene rings is 1. The van der Waals surface area contributed by atoms with Crippen LogP contribution < -0.4 is 15.5 Å². The third-order valence-corrected chi connectivity index (χ3v) is 3.52. The predicted octanol–water partition coefficient (Wildman–Crippen LogP) is 1.67. The first-order valence-corrected chi connectivity index (χ1v) is 6.39. The maximum Gasteiger partial charge on any atom is 0.321 e. The summed E-state index contributed by atoms with van der Waals surface area (Å²) in [6.45, 7) is 6.60. The van der Waals surface area contributed by atoms with Crippen LogP contribution in [0, 0.1) is 19.8 Å². The molecule has 4 heteroatoms. The molecule has 1 heterocycles. The van der Waals surface area contributed by atoms with Gasteiger partial charge in [0.2, 0.25) is 0 Å². The van der Waals surface area contributed by atoms with Crippen LogP contribution in [0.4, 0.5) is 10.5 Å². The molecule has 0 radical (unpaired) electrons. The molecule has 0 spiro atoms. The first-order valence-electron chi connectivity index (χ1n) is 6.39. The monoisotopic (exact) mass is 247 g/mol. The summed E-state index contributed by atoms with van der Waals surface area (Å²) in [5, 5.41) is 6.11. The minimum Gasteiger partial charge on any atom is -0.337 e. The molecule has 1 aliphatic rings. The fourth-order valence-electron chi connectivity index (χ4n) is 2.27. The summed E-state index contributed by atoms with van der Waals surface area (Å²) in [6.07, 6.45) is 0. The molecular formula is C14H21N3O. The van der Waals surface area contributed by atoms with Gasteiger partial charge in [0.25, 0.3) is 0 Å². The maximum absolute atomic E-state index is 11.9. The van der Waals surface area contributed by atoms with Crippen molar-refractivity contribution in [3.8, 4) is 0 Å². The predicted molar refractivity (Wildman–Crippen MR) is 74.1 cm³/mol. The van der Waals surface area contributed by atoms with Crippen molar-refractivity contribution < 1.29 is 4.79 Å². The second kappa shape index (κ2) is 5.40. The minimum atomic E-state index is 0.00519. The van der Waals surface area contributed by atoms with E-state index >= 15 is 0 Å². The number of carbonyl (C=O) groups excluding carboxylic acids is 1. The van der Waals surface area contributed by atoms with Crippen molar-refractivity contribution in [3.63, 3.8) is 0 Å². The number of urea groups is 1. The van der Waals surface area contributed by atoms with Crippen LogP contribution in [0.25, 0.3) is 0 Å². The van der Waals surface area contributed by atoms with E-state index in [0.717, 1.165) is 25.3 Å². The van der Waals surface area contributed by atoms with Crippen LogP contribution in [-0.2, 0) is 0 Å². The molecule has 1 atom stereocenters. The summed E-state index contributed by atoms with van der Waals surface area (Å²) in [4.78, 5) is 13.8. The van der Waals surface area contributed by atoms with E-state index in [1.807, 2.05) is 18.0 Å². The molecule has 1 fully saturated rings. The van der Waals surface area contributed by atoms with E-state index in [9.17, 15) is 4.79 Å². The van der Waals surface area contributed by atoms with Gasteiger partial charge in [-0.15, -0.1) is 0 Å². The molecule has 98 valence electrons. The van der Waals surface area contributed by atoms with Crippen LogP contribution >= 0.6 is 0 Å². The first kappa shape index (κ1) is 12.9. The zero-order valence-electron chi connectivity index (χ0n) is 11.3. The van der Waals surface area contributed by atoms with Gasteiger partial charge in [-0.1, -0.05) is 6.07 Å². The highest BCUT2D eigenvalue weighted by Crippen LogP contribution is 2.21. The highest BCUT2D eigenvalue weighted by Gasteiger charge is 2.25. The Kier molecular flexibility index (Phi) is 3.87. The van der Waals surface area contributed by atoms with Crippen molar-refractivity contribution in [1.29, 1.82) is 0 Å². The van der Waals surface area contributed by atoms with Gasteiger partial charge in [0.1, 0.15) is 0 Å². The zero-order chi connectivity index (χ0) is 13.1. The van der Waals surface area contributed by atoms with Crippen LogP contribution in [-0.4, -0.2) is 32.7 Å². The third-order valence-electron chi connectivity index (χ3n) is 3.52. The molecule has 2 N–H and O–H groups in total. The van der Waals surface area contributed by atoms with Crippen molar-refractivity contribution in [2.45, 2.75) is 13.8 Å². The Balaban J connectivity index is 2.18. The SMILES string of the molecule is CNCC1CNC(=O)N(c2ccc(C)c(C)c2)C1. The molecule has 1 saturated heterocycles. The van der Waals surface area contributed by atoms with E-state index in [0.29, 0.717) is 5.92 Å². The number of nitrogens with one attached hydrogen (secondary N) is 2. The van der Waals surface area contributed by atoms with Crippen molar-refractivity contribution in [3.05, 3.63) is 29.3 Å². The molecule has 1 aromatic carbocycles. The van der Waals surface area contributed by atoms with Crippen molar-refractivity contribution in [2.24, 2.45) is 5.92 Å². The Labute approximate surface area is 108 Å². The second-order valence-corrected chi connectivity index (χ2v) is 4.99. The van der Waals surface area contributed by atoms with E-state index < -0.39 is 0 Å². The van der Waals surface area contributed by atoms with Crippen LogP contribution in [0.2, 0.25) is 0 Å². The summed E-state index contributed by atoms with van der Waals surface area (Å²) < 4.78 is 0. The summed E-state index contributed by atoms with van der Waals surface area (Å²) in [7, 11) is 1.94. The number of hydrogen-bond donors (Lipinski definition) is 2. The fraction of sp³-hybridized carbons (Fsp3) is 0.500. The molecule has 0 saturated carbocycles. The van der Waals surface area contributed by atoms with Gasteiger partial charge in [0.15, 0.2) is 0 Å². The molecule has 0 aromatic heterocycles. The molecule has 1 aromatic rings. The molecule has 18 heavy (non-hydrogen) atoms. The number of carbonyl (C=O) groups is 1. The lowest BCUT2D eigenvalue weighted by Crippen LogP contribution is -2.53. The van der Waals surface area contributed by atoms with Crippen LogP contribution in [0.1, 0.15) is 11.1 Å². The highest BCUT2D eigenvalue weighted by molar-refractivity contribution is 5.92. The normalized spacial score (nSPS) is 19.8. The summed E-state index contributed by atoms with van der Waals surface area (Å²) >= 11 is 0. The lowest BCUT2D eigenvalue weighted by molar-refractivity contribution is 0.236. The van der Waals surface area contributed by atoms with Gasteiger partial charge in [0.05, 0.1) is 0 Å². The Hall–Kier alpha value is -1.55. The standard InChI is InChI=1S/C14H21N3O/c1-10-4-5-13(6-11(10)2)17-9-12(7-15-3)8-16-14(17)18/h4-6,12,15H,7-9H2,1-3H3,(H,16,18). The first-order chi connectivity index (χ1) is 8.61. The average molecular weight is 247 g/mol. The number of hydrogen-bond acceptors (Lipinski definition) is 2. The molecule has 1 aliphatic heterocycles. The topological polar surface area (TPSA) is 44.4 Å². The van der Waals surface area contributed by atoms with Gasteiger partial charge < -0.3 is 10.6 Å². The van der Waals surface area contributed by atoms with Crippen molar-refractivity contribution in [2.75, 3.05) is 31.6 Å². The van der Waals surface area contributed by atoms with Gasteiger partial charge in [-0.2, -0.15) is 0 Å².